The number of thiol groups is 1. The highest BCUT2D eigenvalue weighted by molar-refractivity contribution is 8.01. The van der Waals surface area contributed by atoms with Gasteiger partial charge in [-0.05, 0) is 0 Å². The fraction of sp³-hybridized carbons (Fsp3) is 1.00. The van der Waals surface area contributed by atoms with E-state index in [1.165, 1.54) is 7.05 Å². The fourth-order valence-corrected chi connectivity index (χ4v) is 0. The van der Waals surface area contributed by atoms with Crippen molar-refractivity contribution in [2.75, 3.05) is 7.05 Å². The van der Waals surface area contributed by atoms with Crippen molar-refractivity contribution in [3.05, 3.63) is 0 Å². The van der Waals surface area contributed by atoms with Crippen LogP contribution >= 0.6 is 25.1 Å². The average molecular weight is 113 g/mol. The van der Waals surface area contributed by atoms with Crippen LogP contribution in [0.4, 0.5) is 3.89 Å². The number of hydrogen-bond acceptors (Lipinski definition) is 3. The molecule has 0 aromatic rings. The highest BCUT2D eigenvalue weighted by atomic mass is 32.2. The SMILES string of the molecule is CN(S)SF. The van der Waals surface area contributed by atoms with E-state index in [9.17, 15) is 3.89 Å². The summed E-state index contributed by atoms with van der Waals surface area (Å²) in [4.78, 5) is 0. The summed E-state index contributed by atoms with van der Waals surface area (Å²) in [5.41, 5.74) is 0. The first kappa shape index (κ1) is 5.59. The highest BCUT2D eigenvalue weighted by Gasteiger charge is 1.80. The molecule has 0 atom stereocenters. The summed E-state index contributed by atoms with van der Waals surface area (Å²) in [7, 11) is 1.51. The molecule has 0 saturated carbocycles. The number of hydrogen-bond donors (Lipinski definition) is 1. The quantitative estimate of drug-likeness (QED) is 0.403. The van der Waals surface area contributed by atoms with Crippen molar-refractivity contribution >= 4 is 25.1 Å². The summed E-state index contributed by atoms with van der Waals surface area (Å²) < 4.78 is 12.0. The van der Waals surface area contributed by atoms with Crippen LogP contribution in [0.2, 0.25) is 0 Å². The summed E-state index contributed by atoms with van der Waals surface area (Å²) in [5, 5.41) is 0. The van der Waals surface area contributed by atoms with Gasteiger partial charge in [0, 0.05) is 7.05 Å². The molecule has 0 heterocycles. The van der Waals surface area contributed by atoms with Gasteiger partial charge in [0.05, 0.1) is 0 Å². The Balaban J connectivity index is 2.54. The smallest absolute Gasteiger partial charge is 0.144 e. The van der Waals surface area contributed by atoms with E-state index in [2.05, 4.69) is 12.8 Å². The van der Waals surface area contributed by atoms with Gasteiger partial charge in [0.1, 0.15) is 12.3 Å². The topological polar surface area (TPSA) is 3.24 Å². The summed E-state index contributed by atoms with van der Waals surface area (Å²) in [6.45, 7) is 0. The van der Waals surface area contributed by atoms with Crippen LogP contribution in [0.1, 0.15) is 0 Å². The lowest BCUT2D eigenvalue weighted by Crippen LogP contribution is -1.83. The second-order valence-corrected chi connectivity index (χ2v) is 2.09. The summed E-state index contributed by atoms with van der Waals surface area (Å²) >= 11 is 3.60. The molecule has 0 rings (SSSR count). The molecule has 4 heteroatoms. The van der Waals surface area contributed by atoms with Crippen LogP contribution in [0.25, 0.3) is 0 Å². The minimum Gasteiger partial charge on any atom is -0.172 e. The van der Waals surface area contributed by atoms with Crippen LogP contribution in [-0.2, 0) is 0 Å². The van der Waals surface area contributed by atoms with Crippen molar-refractivity contribution in [1.82, 2.24) is 3.71 Å². The van der Waals surface area contributed by atoms with Crippen molar-refractivity contribution in [3.63, 3.8) is 0 Å². The maximum Gasteiger partial charge on any atom is 0.144 e. The van der Waals surface area contributed by atoms with E-state index in [4.69, 9.17) is 0 Å². The standard InChI is InChI=1S/CH4FNS2/c1-3(4)5-2/h4H,1H3. The number of nitrogens with zero attached hydrogens (tertiary/aromatic N) is 1. The van der Waals surface area contributed by atoms with Gasteiger partial charge in [-0.3, -0.25) is 0 Å². The lowest BCUT2D eigenvalue weighted by Gasteiger charge is -1.91. The van der Waals surface area contributed by atoms with E-state index in [1.807, 2.05) is 0 Å². The molecule has 0 spiro atoms. The van der Waals surface area contributed by atoms with Crippen LogP contribution in [0.5, 0.6) is 0 Å². The van der Waals surface area contributed by atoms with Gasteiger partial charge in [0.25, 0.3) is 0 Å². The zero-order valence-corrected chi connectivity index (χ0v) is 4.39. The lowest BCUT2D eigenvalue weighted by molar-refractivity contribution is 0.839. The van der Waals surface area contributed by atoms with E-state index >= 15 is 0 Å². The minimum absolute atomic E-state index is 0.0772. The van der Waals surface area contributed by atoms with E-state index in [0.717, 1.165) is 3.71 Å². The van der Waals surface area contributed by atoms with E-state index in [0.29, 0.717) is 0 Å². The zero-order valence-electron chi connectivity index (χ0n) is 2.68. The molecule has 0 saturated heterocycles. The third kappa shape index (κ3) is 4.59. The normalized spacial score (nSPS) is 9.60. The van der Waals surface area contributed by atoms with Gasteiger partial charge >= 0.3 is 0 Å². The molecule has 0 aromatic carbocycles. The molecule has 0 N–H and O–H groups in total. The molecule has 5 heavy (non-hydrogen) atoms. The van der Waals surface area contributed by atoms with Crippen LogP contribution in [-0.4, -0.2) is 10.8 Å². The van der Waals surface area contributed by atoms with Crippen molar-refractivity contribution in [2.45, 2.75) is 0 Å². The van der Waals surface area contributed by atoms with Gasteiger partial charge < -0.3 is 0 Å². The summed E-state index contributed by atoms with van der Waals surface area (Å²) in [6, 6.07) is 0. The second kappa shape index (κ2) is 2.81. The maximum atomic E-state index is 10.9. The van der Waals surface area contributed by atoms with E-state index in [-0.39, 0.29) is 12.3 Å². The zero-order chi connectivity index (χ0) is 4.28. The molecule has 0 unspecified atom stereocenters. The van der Waals surface area contributed by atoms with Crippen molar-refractivity contribution in [1.29, 1.82) is 0 Å². The number of halogens is 1. The molecule has 32 valence electrons. The van der Waals surface area contributed by atoms with Gasteiger partial charge in [-0.1, -0.05) is 12.8 Å². The predicted octanol–water partition coefficient (Wildman–Crippen LogP) is 1.30. The molecule has 0 bridgehead atoms. The Hall–Kier alpha value is 0.590. The molecule has 0 aliphatic rings. The highest BCUT2D eigenvalue weighted by Crippen LogP contribution is 2.07. The molecule has 0 fully saturated rings. The van der Waals surface area contributed by atoms with Gasteiger partial charge in [-0.25, -0.2) is 0 Å². The largest absolute Gasteiger partial charge is 0.172 e. The Labute approximate surface area is 40.5 Å². The Bertz CT molecular complexity index is 23.6. The van der Waals surface area contributed by atoms with Gasteiger partial charge in [0.2, 0.25) is 0 Å². The van der Waals surface area contributed by atoms with Gasteiger partial charge in [-0.2, -0.15) is 3.71 Å². The first-order chi connectivity index (χ1) is 2.27. The Morgan fingerprint density at radius 2 is 2.20 bits per heavy atom. The van der Waals surface area contributed by atoms with Crippen molar-refractivity contribution in [2.24, 2.45) is 0 Å². The molecular weight excluding hydrogens is 109 g/mol. The van der Waals surface area contributed by atoms with Crippen molar-refractivity contribution in [3.8, 4) is 0 Å². The fourth-order valence-electron chi connectivity index (χ4n) is 0. The molecule has 0 radical (unpaired) electrons. The first-order valence-corrected chi connectivity index (χ1v) is 2.06. The third-order valence-corrected chi connectivity index (χ3v) is 0.485. The Morgan fingerprint density at radius 3 is 2.20 bits per heavy atom. The Kier molecular flexibility index (Phi) is 3.14. The van der Waals surface area contributed by atoms with Gasteiger partial charge in [-0.15, -0.1) is 3.89 Å². The lowest BCUT2D eigenvalue weighted by atomic mass is 11.6. The second-order valence-electron chi connectivity index (χ2n) is 0.533. The predicted molar refractivity (Wildman–Crippen MR) is 25.4 cm³/mol. The van der Waals surface area contributed by atoms with Gasteiger partial charge in [0.15, 0.2) is 0 Å². The van der Waals surface area contributed by atoms with Crippen LogP contribution in [0.3, 0.4) is 0 Å². The van der Waals surface area contributed by atoms with Crippen LogP contribution in [0, 0.1) is 0 Å². The van der Waals surface area contributed by atoms with E-state index in [1.54, 1.807) is 0 Å². The first-order valence-electron chi connectivity index (χ1n) is 0.984. The van der Waals surface area contributed by atoms with Crippen LogP contribution in [0.15, 0.2) is 0 Å². The number of rotatable bonds is 1. The maximum absolute atomic E-state index is 10.9. The molecule has 0 aromatic heterocycles. The van der Waals surface area contributed by atoms with E-state index < -0.39 is 0 Å². The molecule has 0 aliphatic carbocycles. The van der Waals surface area contributed by atoms with Crippen LogP contribution < -0.4 is 0 Å². The summed E-state index contributed by atoms with van der Waals surface area (Å²) in [6.07, 6.45) is 0. The Morgan fingerprint density at radius 1 is 2.00 bits per heavy atom. The molecule has 0 aliphatic heterocycles. The molecule has 1 nitrogen and oxygen atoms in total. The molecular formula is CH4FNS2. The summed E-state index contributed by atoms with van der Waals surface area (Å²) in [5.74, 6) is 0. The average Bonchev–Trinajstić information content (AvgIpc) is 1.38. The molecule has 0 amide bonds. The third-order valence-electron chi connectivity index (χ3n) is 0.0999. The minimum atomic E-state index is 0.0772. The monoisotopic (exact) mass is 113 g/mol. The van der Waals surface area contributed by atoms with Crippen molar-refractivity contribution < 1.29 is 3.89 Å².